The number of benzene rings is 4. The van der Waals surface area contributed by atoms with Gasteiger partial charge in [-0.1, -0.05) is 85.5 Å². The van der Waals surface area contributed by atoms with Gasteiger partial charge in [0.1, 0.15) is 10.9 Å². The first kappa shape index (κ1) is 32.2. The first-order valence-electron chi connectivity index (χ1n) is 15.4. The van der Waals surface area contributed by atoms with E-state index in [1.54, 1.807) is 6.08 Å². The average molecular weight is 663 g/mol. The Bertz CT molecular complexity index is 1810. The SMILES string of the molecule is CCCOC1Cc2cc(C=NN(c3ccccc3)c3ccc(C=C4SC(=S)N(CC(=O)O)C4=O)cc3)ccc2N(c2ccccc2)C1. The largest absolute Gasteiger partial charge is 0.480 e. The summed E-state index contributed by atoms with van der Waals surface area (Å²) in [4.78, 5) is 27.7. The number of amides is 1. The zero-order chi connectivity index (χ0) is 32.8. The summed E-state index contributed by atoms with van der Waals surface area (Å²) in [7, 11) is 0. The molecule has 4 aromatic rings. The molecular formula is C37H34N4O4S2. The van der Waals surface area contributed by atoms with E-state index < -0.39 is 18.4 Å². The number of anilines is 4. The molecule has 1 unspecified atom stereocenters. The van der Waals surface area contributed by atoms with Gasteiger partial charge in [-0.2, -0.15) is 5.10 Å². The number of rotatable bonds is 11. The Morgan fingerprint density at radius 3 is 2.38 bits per heavy atom. The van der Waals surface area contributed by atoms with E-state index in [-0.39, 0.29) is 10.4 Å². The van der Waals surface area contributed by atoms with Gasteiger partial charge in [0.2, 0.25) is 0 Å². The van der Waals surface area contributed by atoms with Crippen LogP contribution in [0.5, 0.6) is 0 Å². The van der Waals surface area contributed by atoms with Crippen LogP contribution in [-0.4, -0.2) is 58.2 Å². The van der Waals surface area contributed by atoms with E-state index in [9.17, 15) is 9.59 Å². The lowest BCUT2D eigenvalue weighted by molar-refractivity contribution is -0.140. The summed E-state index contributed by atoms with van der Waals surface area (Å²) in [5.74, 6) is -1.51. The van der Waals surface area contributed by atoms with Crippen LogP contribution in [-0.2, 0) is 20.7 Å². The summed E-state index contributed by atoms with van der Waals surface area (Å²) < 4.78 is 6.48. The maximum atomic E-state index is 12.7. The van der Waals surface area contributed by atoms with Crippen molar-refractivity contribution >= 4 is 75.2 Å². The highest BCUT2D eigenvalue weighted by atomic mass is 32.2. The van der Waals surface area contributed by atoms with Gasteiger partial charge < -0.3 is 14.7 Å². The van der Waals surface area contributed by atoms with Crippen LogP contribution in [0.3, 0.4) is 0 Å². The molecule has 0 spiro atoms. The zero-order valence-electron chi connectivity index (χ0n) is 25.9. The van der Waals surface area contributed by atoms with Crippen LogP contribution in [0.4, 0.5) is 22.7 Å². The molecule has 1 atom stereocenters. The topological polar surface area (TPSA) is 85.7 Å². The van der Waals surface area contributed by atoms with Crippen molar-refractivity contribution < 1.29 is 19.4 Å². The van der Waals surface area contributed by atoms with E-state index >= 15 is 0 Å². The molecule has 0 saturated carbocycles. The van der Waals surface area contributed by atoms with Gasteiger partial charge in [-0.25, -0.2) is 5.01 Å². The molecule has 0 aliphatic carbocycles. The number of hydrazone groups is 1. The number of hydrogen-bond donors (Lipinski definition) is 1. The van der Waals surface area contributed by atoms with Crippen LogP contribution in [0.25, 0.3) is 6.08 Å². The molecule has 0 aromatic heterocycles. The Balaban J connectivity index is 1.26. The predicted octanol–water partition coefficient (Wildman–Crippen LogP) is 7.63. The molecule has 1 N–H and O–H groups in total. The third kappa shape index (κ3) is 7.62. The van der Waals surface area contributed by atoms with Crippen LogP contribution in [0.1, 0.15) is 30.0 Å². The molecule has 0 bridgehead atoms. The second-order valence-corrected chi connectivity index (χ2v) is 12.9. The van der Waals surface area contributed by atoms with Crippen molar-refractivity contribution in [1.82, 2.24) is 4.90 Å². The molecule has 238 valence electrons. The van der Waals surface area contributed by atoms with Crippen molar-refractivity contribution in [3.63, 3.8) is 0 Å². The lowest BCUT2D eigenvalue weighted by Crippen LogP contribution is -2.37. The van der Waals surface area contributed by atoms with E-state index in [1.165, 1.54) is 11.3 Å². The zero-order valence-corrected chi connectivity index (χ0v) is 27.5. The van der Waals surface area contributed by atoms with Crippen molar-refractivity contribution in [2.24, 2.45) is 5.10 Å². The summed E-state index contributed by atoms with van der Waals surface area (Å²) >= 11 is 6.33. The van der Waals surface area contributed by atoms with E-state index in [4.69, 9.17) is 27.2 Å². The number of nitrogens with zero attached hydrogens (tertiary/aromatic N) is 4. The molecule has 8 nitrogen and oxygen atoms in total. The van der Waals surface area contributed by atoms with Crippen LogP contribution in [0.2, 0.25) is 0 Å². The van der Waals surface area contributed by atoms with Crippen molar-refractivity contribution in [3.8, 4) is 0 Å². The molecule has 4 aromatic carbocycles. The van der Waals surface area contributed by atoms with E-state index in [0.717, 1.165) is 70.8 Å². The van der Waals surface area contributed by atoms with Crippen molar-refractivity contribution in [2.45, 2.75) is 25.9 Å². The maximum Gasteiger partial charge on any atom is 0.323 e. The van der Waals surface area contributed by atoms with Gasteiger partial charge in [0.25, 0.3) is 5.91 Å². The van der Waals surface area contributed by atoms with Crippen LogP contribution in [0.15, 0.2) is 113 Å². The highest BCUT2D eigenvalue weighted by Gasteiger charge is 2.33. The van der Waals surface area contributed by atoms with Crippen LogP contribution in [0, 0.1) is 0 Å². The highest BCUT2D eigenvalue weighted by molar-refractivity contribution is 8.26. The molecule has 1 saturated heterocycles. The first-order valence-corrected chi connectivity index (χ1v) is 16.7. The van der Waals surface area contributed by atoms with Crippen molar-refractivity contribution in [3.05, 3.63) is 125 Å². The van der Waals surface area contributed by atoms with E-state index in [0.29, 0.717) is 4.91 Å². The Labute approximate surface area is 284 Å². The maximum absolute atomic E-state index is 12.7. The van der Waals surface area contributed by atoms with Crippen LogP contribution < -0.4 is 9.91 Å². The fourth-order valence-corrected chi connectivity index (χ4v) is 6.84. The third-order valence-electron chi connectivity index (χ3n) is 7.78. The number of fused-ring (bicyclic) bond motifs is 1. The number of carboxylic acids is 1. The number of carbonyl (C=O) groups is 2. The minimum atomic E-state index is -1.11. The third-order valence-corrected chi connectivity index (χ3v) is 9.16. The number of carbonyl (C=O) groups excluding carboxylic acids is 1. The fraction of sp³-hybridized carbons (Fsp3) is 0.189. The molecule has 2 aliphatic rings. The number of ether oxygens (including phenoxy) is 1. The number of hydrogen-bond acceptors (Lipinski definition) is 8. The quantitative estimate of drug-likeness (QED) is 0.0760. The number of thiocarbonyl (C=S) groups is 1. The second kappa shape index (κ2) is 14.8. The Hall–Kier alpha value is -4.77. The molecular weight excluding hydrogens is 629 g/mol. The summed E-state index contributed by atoms with van der Waals surface area (Å²) in [6.07, 6.45) is 5.51. The summed E-state index contributed by atoms with van der Waals surface area (Å²) in [6.45, 7) is 3.22. The smallest absolute Gasteiger partial charge is 0.323 e. The molecule has 0 radical (unpaired) electrons. The van der Waals surface area contributed by atoms with Crippen LogP contribution >= 0.6 is 24.0 Å². The van der Waals surface area contributed by atoms with Gasteiger partial charge in [-0.3, -0.25) is 14.5 Å². The van der Waals surface area contributed by atoms with Crippen molar-refractivity contribution in [2.75, 3.05) is 29.6 Å². The van der Waals surface area contributed by atoms with E-state index in [1.807, 2.05) is 71.9 Å². The van der Waals surface area contributed by atoms with Gasteiger partial charge in [0.05, 0.1) is 28.6 Å². The molecule has 10 heteroatoms. The molecule has 1 amide bonds. The van der Waals surface area contributed by atoms with Gasteiger partial charge in [-0.05, 0) is 77.7 Å². The van der Waals surface area contributed by atoms with Crippen molar-refractivity contribution in [1.29, 1.82) is 0 Å². The Morgan fingerprint density at radius 1 is 1.00 bits per heavy atom. The van der Waals surface area contributed by atoms with Gasteiger partial charge in [-0.15, -0.1) is 0 Å². The number of para-hydroxylation sites is 2. The number of carboxylic acid groups (broad SMARTS) is 1. The van der Waals surface area contributed by atoms with Gasteiger partial charge >= 0.3 is 5.97 Å². The standard InChI is InChI=1S/C37H34N4O4S2/c1-2-19-45-32-22-28-20-27(15-18-33(28)39(24-32)29-9-5-3-6-10-29)23-38-41(30-11-7-4-8-12-30)31-16-13-26(14-17-31)21-34-36(44)40(25-35(42)43)37(46)47-34/h3-18,20-21,23,32H,2,19,22,24-25H2,1H3,(H,42,43). The molecule has 47 heavy (non-hydrogen) atoms. The van der Waals surface area contributed by atoms with E-state index in [2.05, 4.69) is 54.3 Å². The first-order chi connectivity index (χ1) is 22.9. The normalized spacial score (nSPS) is 17.0. The highest BCUT2D eigenvalue weighted by Crippen LogP contribution is 2.36. The Kier molecular flexibility index (Phi) is 10.1. The number of thioether (sulfide) groups is 1. The predicted molar refractivity (Wildman–Crippen MR) is 194 cm³/mol. The second-order valence-electron chi connectivity index (χ2n) is 11.2. The Morgan fingerprint density at radius 2 is 1.68 bits per heavy atom. The minimum absolute atomic E-state index is 0.0953. The molecule has 2 aliphatic heterocycles. The lowest BCUT2D eigenvalue weighted by atomic mass is 9.97. The molecule has 2 heterocycles. The average Bonchev–Trinajstić information content (AvgIpc) is 3.35. The molecule has 6 rings (SSSR count). The summed E-state index contributed by atoms with van der Waals surface area (Å²) in [5, 5.41) is 15.9. The minimum Gasteiger partial charge on any atom is -0.480 e. The number of aliphatic carboxylic acids is 1. The monoisotopic (exact) mass is 662 g/mol. The summed E-state index contributed by atoms with van der Waals surface area (Å²) in [6, 6.07) is 34.5. The fourth-order valence-electron chi connectivity index (χ4n) is 5.58. The molecule has 1 fully saturated rings. The van der Waals surface area contributed by atoms with Gasteiger partial charge in [0.15, 0.2) is 0 Å². The summed E-state index contributed by atoms with van der Waals surface area (Å²) in [5.41, 5.74) is 7.05. The van der Waals surface area contributed by atoms with Gasteiger partial charge in [0, 0.05) is 30.9 Å². The lowest BCUT2D eigenvalue weighted by Gasteiger charge is -2.36.